The third-order valence-corrected chi connectivity index (χ3v) is 4.89. The van der Waals surface area contributed by atoms with Crippen LogP contribution >= 0.6 is 0 Å². The van der Waals surface area contributed by atoms with Crippen molar-refractivity contribution >= 4 is 10.0 Å². The molecule has 1 aromatic rings. The Hall–Kier alpha value is -0.920. The van der Waals surface area contributed by atoms with E-state index in [0.29, 0.717) is 24.5 Å². The van der Waals surface area contributed by atoms with E-state index < -0.39 is 10.0 Å². The first-order chi connectivity index (χ1) is 9.88. The van der Waals surface area contributed by atoms with E-state index in [1.54, 1.807) is 6.92 Å². The van der Waals surface area contributed by atoms with Gasteiger partial charge in [-0.15, -0.1) is 0 Å². The van der Waals surface area contributed by atoms with Crippen LogP contribution in [0.4, 0.5) is 0 Å². The van der Waals surface area contributed by atoms with Crippen LogP contribution in [-0.4, -0.2) is 31.2 Å². The summed E-state index contributed by atoms with van der Waals surface area (Å²) >= 11 is 0. The number of rotatable bonds is 10. The minimum atomic E-state index is -3.50. The predicted octanol–water partition coefficient (Wildman–Crippen LogP) is 2.07. The number of hydrogen-bond donors (Lipinski definition) is 3. The molecule has 0 saturated carbocycles. The van der Waals surface area contributed by atoms with Gasteiger partial charge in [-0.2, -0.15) is 5.10 Å². The molecule has 122 valence electrons. The highest BCUT2D eigenvalue weighted by Crippen LogP contribution is 2.17. The number of aryl methyl sites for hydroxylation is 1. The molecule has 7 heteroatoms. The van der Waals surface area contributed by atoms with E-state index in [2.05, 4.69) is 27.2 Å². The average molecular weight is 316 g/mol. The molecule has 1 aromatic heterocycles. The molecule has 0 unspecified atom stereocenters. The van der Waals surface area contributed by atoms with Gasteiger partial charge < -0.3 is 5.32 Å². The van der Waals surface area contributed by atoms with Crippen LogP contribution in [0, 0.1) is 6.92 Å². The summed E-state index contributed by atoms with van der Waals surface area (Å²) in [6, 6.07) is 0.277. The molecular weight excluding hydrogens is 288 g/mol. The Bertz CT molecular complexity index is 523. The van der Waals surface area contributed by atoms with Crippen LogP contribution in [0.5, 0.6) is 0 Å². The van der Waals surface area contributed by atoms with Crippen molar-refractivity contribution in [1.29, 1.82) is 0 Å². The van der Waals surface area contributed by atoms with Gasteiger partial charge in [0.25, 0.3) is 0 Å². The van der Waals surface area contributed by atoms with E-state index in [0.717, 1.165) is 25.7 Å². The lowest BCUT2D eigenvalue weighted by atomic mass is 10.2. The zero-order chi connectivity index (χ0) is 15.9. The lowest BCUT2D eigenvalue weighted by Gasteiger charge is -2.10. The van der Waals surface area contributed by atoms with Crippen LogP contribution in [0.1, 0.15) is 57.8 Å². The molecule has 0 amide bonds. The fourth-order valence-electron chi connectivity index (χ4n) is 2.08. The fraction of sp³-hybridized carbons (Fsp3) is 0.786. The Kier molecular flexibility index (Phi) is 7.34. The van der Waals surface area contributed by atoms with Crippen molar-refractivity contribution in [2.24, 2.45) is 0 Å². The van der Waals surface area contributed by atoms with Gasteiger partial charge in [-0.05, 0) is 13.3 Å². The number of sulfonamides is 1. The zero-order valence-electron chi connectivity index (χ0n) is 13.5. The molecule has 3 N–H and O–H groups in total. The van der Waals surface area contributed by atoms with E-state index in [4.69, 9.17) is 0 Å². The molecule has 6 nitrogen and oxygen atoms in total. The van der Waals surface area contributed by atoms with Crippen LogP contribution in [0.2, 0.25) is 0 Å². The molecule has 0 aromatic carbocycles. The lowest BCUT2D eigenvalue weighted by Crippen LogP contribution is -2.28. The molecule has 0 saturated heterocycles. The molecule has 0 fully saturated rings. The molecule has 0 spiro atoms. The minimum Gasteiger partial charge on any atom is -0.309 e. The lowest BCUT2D eigenvalue weighted by molar-refractivity contribution is 0.560. The summed E-state index contributed by atoms with van der Waals surface area (Å²) in [6.07, 6.45) is 4.18. The molecule has 0 bridgehead atoms. The molecule has 1 heterocycles. The van der Waals surface area contributed by atoms with Gasteiger partial charge in [0.2, 0.25) is 10.0 Å². The highest BCUT2D eigenvalue weighted by Gasteiger charge is 2.23. The van der Waals surface area contributed by atoms with Crippen molar-refractivity contribution in [2.75, 3.05) is 6.54 Å². The van der Waals surface area contributed by atoms with Crippen LogP contribution in [0.25, 0.3) is 0 Å². The Balaban J connectivity index is 2.71. The minimum absolute atomic E-state index is 0.277. The summed E-state index contributed by atoms with van der Waals surface area (Å²) < 4.78 is 27.5. The van der Waals surface area contributed by atoms with E-state index >= 15 is 0 Å². The number of unbranched alkanes of at least 4 members (excludes halogenated alkanes) is 3. The SMILES string of the molecule is CCCCCCNS(=O)(=O)c1c(CNC(C)C)n[nH]c1C. The second-order valence-electron chi connectivity index (χ2n) is 5.62. The van der Waals surface area contributed by atoms with Gasteiger partial charge in [-0.25, -0.2) is 13.1 Å². The van der Waals surface area contributed by atoms with Gasteiger partial charge in [0.05, 0.1) is 11.4 Å². The molecule has 0 radical (unpaired) electrons. The molecule has 0 atom stereocenters. The third kappa shape index (κ3) is 5.76. The number of nitrogens with zero attached hydrogens (tertiary/aromatic N) is 1. The summed E-state index contributed by atoms with van der Waals surface area (Å²) in [5.41, 5.74) is 1.12. The first kappa shape index (κ1) is 18.1. The standard InChI is InChI=1S/C14H28N4O2S/c1-5-6-7-8-9-16-21(19,20)14-12(4)17-18-13(14)10-15-11(2)3/h11,15-16H,5-10H2,1-4H3,(H,17,18). The average Bonchev–Trinajstić information content (AvgIpc) is 2.78. The second kappa shape index (κ2) is 8.51. The number of H-pyrrole nitrogens is 1. The number of aromatic amines is 1. The van der Waals surface area contributed by atoms with E-state index in [-0.39, 0.29) is 10.9 Å². The first-order valence-corrected chi connectivity index (χ1v) is 9.13. The summed E-state index contributed by atoms with van der Waals surface area (Å²) in [5, 5.41) is 10.1. The van der Waals surface area contributed by atoms with Crippen molar-refractivity contribution in [1.82, 2.24) is 20.2 Å². The van der Waals surface area contributed by atoms with Gasteiger partial charge in [-0.3, -0.25) is 5.10 Å². The number of hydrogen-bond acceptors (Lipinski definition) is 4. The van der Waals surface area contributed by atoms with Crippen LogP contribution in [-0.2, 0) is 16.6 Å². The topological polar surface area (TPSA) is 86.9 Å². The second-order valence-corrected chi connectivity index (χ2v) is 7.32. The largest absolute Gasteiger partial charge is 0.309 e. The Labute approximate surface area is 128 Å². The van der Waals surface area contributed by atoms with Crippen molar-refractivity contribution in [3.63, 3.8) is 0 Å². The van der Waals surface area contributed by atoms with Crippen molar-refractivity contribution in [2.45, 2.75) is 70.9 Å². The molecular formula is C14H28N4O2S. The molecule has 0 aliphatic carbocycles. The maximum absolute atomic E-state index is 12.4. The maximum atomic E-state index is 12.4. The van der Waals surface area contributed by atoms with Gasteiger partial charge in [-0.1, -0.05) is 40.0 Å². The summed E-state index contributed by atoms with van der Waals surface area (Å²) in [5.74, 6) is 0. The first-order valence-electron chi connectivity index (χ1n) is 7.65. The molecule has 1 rings (SSSR count). The quantitative estimate of drug-likeness (QED) is 0.577. The summed E-state index contributed by atoms with van der Waals surface area (Å²) in [7, 11) is -3.50. The van der Waals surface area contributed by atoms with Gasteiger partial charge in [0.15, 0.2) is 0 Å². The smallest absolute Gasteiger partial charge is 0.244 e. The van der Waals surface area contributed by atoms with E-state index in [9.17, 15) is 8.42 Å². The zero-order valence-corrected chi connectivity index (χ0v) is 14.3. The van der Waals surface area contributed by atoms with Crippen molar-refractivity contribution in [3.8, 4) is 0 Å². The Morgan fingerprint density at radius 3 is 2.57 bits per heavy atom. The third-order valence-electron chi connectivity index (χ3n) is 3.23. The highest BCUT2D eigenvalue weighted by molar-refractivity contribution is 7.89. The number of nitrogens with one attached hydrogen (secondary N) is 3. The predicted molar refractivity (Wildman–Crippen MR) is 84.6 cm³/mol. The maximum Gasteiger partial charge on any atom is 0.244 e. The molecule has 0 aliphatic rings. The molecule has 21 heavy (non-hydrogen) atoms. The fourth-order valence-corrected chi connectivity index (χ4v) is 3.51. The van der Waals surface area contributed by atoms with Gasteiger partial charge in [0, 0.05) is 19.1 Å². The van der Waals surface area contributed by atoms with Crippen LogP contribution < -0.4 is 10.0 Å². The van der Waals surface area contributed by atoms with Gasteiger partial charge >= 0.3 is 0 Å². The van der Waals surface area contributed by atoms with E-state index in [1.165, 1.54) is 0 Å². The van der Waals surface area contributed by atoms with Crippen LogP contribution in [0.3, 0.4) is 0 Å². The molecule has 0 aliphatic heterocycles. The number of aromatic nitrogens is 2. The Morgan fingerprint density at radius 2 is 1.95 bits per heavy atom. The van der Waals surface area contributed by atoms with Crippen LogP contribution in [0.15, 0.2) is 4.90 Å². The van der Waals surface area contributed by atoms with E-state index in [1.807, 2.05) is 13.8 Å². The Morgan fingerprint density at radius 1 is 1.24 bits per heavy atom. The summed E-state index contributed by atoms with van der Waals surface area (Å²) in [4.78, 5) is 0.283. The monoisotopic (exact) mass is 316 g/mol. The summed E-state index contributed by atoms with van der Waals surface area (Å²) in [6.45, 7) is 8.81. The van der Waals surface area contributed by atoms with Crippen molar-refractivity contribution in [3.05, 3.63) is 11.4 Å². The highest BCUT2D eigenvalue weighted by atomic mass is 32.2. The van der Waals surface area contributed by atoms with Gasteiger partial charge in [0.1, 0.15) is 4.90 Å². The van der Waals surface area contributed by atoms with Crippen molar-refractivity contribution < 1.29 is 8.42 Å². The normalized spacial score (nSPS) is 12.2.